The van der Waals surface area contributed by atoms with Crippen molar-refractivity contribution in [2.75, 3.05) is 50.6 Å². The van der Waals surface area contributed by atoms with Gasteiger partial charge in [0.2, 0.25) is 11.8 Å². The Balaban J connectivity index is 1.63. The molecular formula is C25H30N4O3S. The zero-order chi connectivity index (χ0) is 23.5. The van der Waals surface area contributed by atoms with Gasteiger partial charge in [-0.3, -0.25) is 14.5 Å². The van der Waals surface area contributed by atoms with E-state index in [-0.39, 0.29) is 18.2 Å². The molecule has 1 aromatic heterocycles. The number of carbonyl (C=O) groups excluding carboxylic acids is 2. The Morgan fingerprint density at radius 3 is 2.64 bits per heavy atom. The molecule has 8 heteroatoms. The van der Waals surface area contributed by atoms with Crippen molar-refractivity contribution in [2.45, 2.75) is 19.8 Å². The Labute approximate surface area is 198 Å². The van der Waals surface area contributed by atoms with Gasteiger partial charge in [0.15, 0.2) is 5.13 Å². The van der Waals surface area contributed by atoms with E-state index in [9.17, 15) is 9.59 Å². The number of aryl methyl sites for hydroxylation is 1. The maximum absolute atomic E-state index is 13.7. The van der Waals surface area contributed by atoms with Gasteiger partial charge in [-0.2, -0.15) is 0 Å². The number of amides is 2. The van der Waals surface area contributed by atoms with Crippen molar-refractivity contribution in [3.63, 3.8) is 0 Å². The molecule has 33 heavy (non-hydrogen) atoms. The third-order valence-electron chi connectivity index (χ3n) is 5.94. The fraction of sp³-hybridized carbons (Fsp3) is 0.400. The number of aromatic nitrogens is 1. The minimum Gasteiger partial charge on any atom is -0.494 e. The molecule has 4 rings (SSSR count). The number of ether oxygens (including phenoxy) is 1. The fourth-order valence-electron chi connectivity index (χ4n) is 4.17. The number of thiazole rings is 1. The molecule has 2 heterocycles. The first kappa shape index (κ1) is 23.2. The summed E-state index contributed by atoms with van der Waals surface area (Å²) >= 11 is 1.51. The number of rotatable bonds is 8. The van der Waals surface area contributed by atoms with Crippen LogP contribution in [0.4, 0.5) is 10.8 Å². The first-order chi connectivity index (χ1) is 15.9. The second kappa shape index (κ2) is 9.89. The highest BCUT2D eigenvalue weighted by molar-refractivity contribution is 7.22. The highest BCUT2D eigenvalue weighted by atomic mass is 32.1. The Hall–Kier alpha value is -2.97. The topological polar surface area (TPSA) is 66.0 Å². The first-order valence-electron chi connectivity index (χ1n) is 11.1. The molecule has 0 saturated carbocycles. The molecule has 1 aliphatic heterocycles. The van der Waals surface area contributed by atoms with Crippen LogP contribution < -0.4 is 14.5 Å². The predicted octanol–water partition coefficient (Wildman–Crippen LogP) is 3.95. The number of anilines is 2. The molecule has 1 aliphatic rings. The number of hydrogen-bond donors (Lipinski definition) is 0. The van der Waals surface area contributed by atoms with Gasteiger partial charge in [0.1, 0.15) is 11.3 Å². The zero-order valence-corrected chi connectivity index (χ0v) is 20.4. The van der Waals surface area contributed by atoms with Gasteiger partial charge in [0.25, 0.3) is 0 Å². The molecule has 7 nitrogen and oxygen atoms in total. The van der Waals surface area contributed by atoms with E-state index in [0.717, 1.165) is 34.4 Å². The van der Waals surface area contributed by atoms with E-state index in [1.807, 2.05) is 63.5 Å². The minimum absolute atomic E-state index is 0.0189. The maximum atomic E-state index is 13.7. The molecule has 0 radical (unpaired) electrons. The first-order valence-corrected chi connectivity index (χ1v) is 12.0. The average molecular weight is 467 g/mol. The number of methoxy groups -OCH3 is 1. The summed E-state index contributed by atoms with van der Waals surface area (Å²) < 4.78 is 6.53. The van der Waals surface area contributed by atoms with E-state index in [1.54, 1.807) is 16.9 Å². The molecule has 0 aliphatic carbocycles. The monoisotopic (exact) mass is 466 g/mol. The SMILES string of the molecule is COc1ccc(C)c2sc(N(CCCN(C)C)C(=O)C3CC(=O)N(c4ccccc4)C3)nc12. The Kier molecular flexibility index (Phi) is 6.95. The Morgan fingerprint density at radius 1 is 1.18 bits per heavy atom. The van der Waals surface area contributed by atoms with Gasteiger partial charge in [-0.15, -0.1) is 0 Å². The largest absolute Gasteiger partial charge is 0.494 e. The third kappa shape index (κ3) is 4.86. The van der Waals surface area contributed by atoms with Crippen molar-refractivity contribution in [2.24, 2.45) is 5.92 Å². The van der Waals surface area contributed by atoms with Gasteiger partial charge in [-0.1, -0.05) is 35.6 Å². The summed E-state index contributed by atoms with van der Waals surface area (Å²) in [6, 6.07) is 13.5. The lowest BCUT2D eigenvalue weighted by Crippen LogP contribution is -2.39. The number of para-hydroxylation sites is 1. The van der Waals surface area contributed by atoms with Crippen molar-refractivity contribution in [1.29, 1.82) is 0 Å². The Morgan fingerprint density at radius 2 is 1.94 bits per heavy atom. The standard InChI is InChI=1S/C25H30N4O3S/c1-17-11-12-20(32-4)22-23(17)33-25(26-22)28(14-8-13-27(2)3)24(31)18-15-21(30)29(16-18)19-9-6-5-7-10-19/h5-7,9-12,18H,8,13-16H2,1-4H3. The summed E-state index contributed by atoms with van der Waals surface area (Å²) in [7, 11) is 5.67. The van der Waals surface area contributed by atoms with Crippen LogP contribution in [0.15, 0.2) is 42.5 Å². The lowest BCUT2D eigenvalue weighted by atomic mass is 10.1. The zero-order valence-electron chi connectivity index (χ0n) is 19.6. The van der Waals surface area contributed by atoms with Gasteiger partial charge in [0, 0.05) is 25.2 Å². The molecule has 3 aromatic rings. The minimum atomic E-state index is -0.396. The van der Waals surface area contributed by atoms with Crippen LogP contribution in [0.1, 0.15) is 18.4 Å². The van der Waals surface area contributed by atoms with Gasteiger partial charge < -0.3 is 14.5 Å². The molecule has 0 N–H and O–H groups in total. The van der Waals surface area contributed by atoms with Crippen LogP contribution in [0.5, 0.6) is 5.75 Å². The fourth-order valence-corrected chi connectivity index (χ4v) is 5.26. The van der Waals surface area contributed by atoms with E-state index in [2.05, 4.69) is 4.90 Å². The molecule has 174 valence electrons. The van der Waals surface area contributed by atoms with E-state index in [0.29, 0.717) is 24.0 Å². The van der Waals surface area contributed by atoms with Crippen LogP contribution in [-0.4, -0.2) is 62.5 Å². The van der Waals surface area contributed by atoms with E-state index in [1.165, 1.54) is 11.3 Å². The molecule has 2 aromatic carbocycles. The van der Waals surface area contributed by atoms with Gasteiger partial charge in [-0.25, -0.2) is 4.98 Å². The quantitative estimate of drug-likeness (QED) is 0.503. The van der Waals surface area contributed by atoms with Crippen LogP contribution in [0, 0.1) is 12.8 Å². The highest BCUT2D eigenvalue weighted by Crippen LogP contribution is 2.37. The van der Waals surface area contributed by atoms with Crippen molar-refractivity contribution in [1.82, 2.24) is 9.88 Å². The lowest BCUT2D eigenvalue weighted by Gasteiger charge is -2.24. The van der Waals surface area contributed by atoms with Gasteiger partial charge >= 0.3 is 0 Å². The number of benzene rings is 2. The summed E-state index contributed by atoms with van der Waals surface area (Å²) in [5.74, 6) is 0.239. The summed E-state index contributed by atoms with van der Waals surface area (Å²) in [5.41, 5.74) is 2.70. The molecule has 1 saturated heterocycles. The summed E-state index contributed by atoms with van der Waals surface area (Å²) in [6.07, 6.45) is 1.03. The molecule has 1 unspecified atom stereocenters. The molecule has 1 atom stereocenters. The molecule has 0 spiro atoms. The van der Waals surface area contributed by atoms with Gasteiger partial charge in [-0.05, 0) is 57.7 Å². The van der Waals surface area contributed by atoms with Crippen LogP contribution >= 0.6 is 11.3 Å². The second-order valence-electron chi connectivity index (χ2n) is 8.65. The van der Waals surface area contributed by atoms with E-state index < -0.39 is 5.92 Å². The lowest BCUT2D eigenvalue weighted by molar-refractivity contribution is -0.124. The third-order valence-corrected chi connectivity index (χ3v) is 7.15. The van der Waals surface area contributed by atoms with Crippen LogP contribution in [0.2, 0.25) is 0 Å². The van der Waals surface area contributed by atoms with Crippen LogP contribution in [-0.2, 0) is 9.59 Å². The summed E-state index contributed by atoms with van der Waals surface area (Å²) in [4.78, 5) is 36.9. The molecule has 0 bridgehead atoms. The molecule has 2 amide bonds. The van der Waals surface area contributed by atoms with Crippen molar-refractivity contribution in [3.8, 4) is 5.75 Å². The number of hydrogen-bond acceptors (Lipinski definition) is 6. The molecular weight excluding hydrogens is 436 g/mol. The number of carbonyl (C=O) groups is 2. The van der Waals surface area contributed by atoms with Crippen molar-refractivity contribution < 1.29 is 14.3 Å². The van der Waals surface area contributed by atoms with Crippen LogP contribution in [0.3, 0.4) is 0 Å². The van der Waals surface area contributed by atoms with E-state index in [4.69, 9.17) is 9.72 Å². The number of nitrogens with zero attached hydrogens (tertiary/aromatic N) is 4. The second-order valence-corrected chi connectivity index (χ2v) is 9.62. The van der Waals surface area contributed by atoms with Crippen molar-refractivity contribution in [3.05, 3.63) is 48.0 Å². The van der Waals surface area contributed by atoms with Crippen LogP contribution in [0.25, 0.3) is 10.2 Å². The number of fused-ring (bicyclic) bond motifs is 1. The smallest absolute Gasteiger partial charge is 0.234 e. The maximum Gasteiger partial charge on any atom is 0.234 e. The molecule has 1 fully saturated rings. The Bertz CT molecular complexity index is 1150. The normalized spacial score (nSPS) is 16.1. The summed E-state index contributed by atoms with van der Waals surface area (Å²) in [6.45, 7) is 3.83. The average Bonchev–Trinajstić information content (AvgIpc) is 3.42. The van der Waals surface area contributed by atoms with Crippen molar-refractivity contribution >= 4 is 44.2 Å². The highest BCUT2D eigenvalue weighted by Gasteiger charge is 2.38. The van der Waals surface area contributed by atoms with Gasteiger partial charge in [0.05, 0.1) is 17.7 Å². The summed E-state index contributed by atoms with van der Waals surface area (Å²) in [5, 5.41) is 0.659. The van der Waals surface area contributed by atoms with E-state index >= 15 is 0 Å². The predicted molar refractivity (Wildman–Crippen MR) is 133 cm³/mol.